The fourth-order valence-electron chi connectivity index (χ4n) is 9.75. The Bertz CT molecular complexity index is 3510. The Hall–Kier alpha value is -6.55. The Kier molecular flexibility index (Phi) is 10.5. The quantitative estimate of drug-likeness (QED) is 0.149. The summed E-state index contributed by atoms with van der Waals surface area (Å²) < 4.78 is 14.7. The van der Waals surface area contributed by atoms with E-state index in [-0.39, 0.29) is 10.8 Å². The van der Waals surface area contributed by atoms with Crippen LogP contribution in [-0.2, 0) is 43.0 Å². The standard InChI is InChI=1S/C60H52N4O.Pt/c1-59(2,3)44-32-43(33-45(36-44)60(4,5)6)50-25-17-24-49(40-18-8-7-9-19-40)58(50)63-39-62(53-26-12-13-27-54(53)63)46-22-16-23-47(37-46)65-48-29-30-51-52-34-41-20-10-11-21-42(41)35-55(52)64(56(51)38-48)57-28-14-15-31-61-57;/h7-9,12-19,22-36H,10-11,20-21H2,1-6H3;/q-2;. The van der Waals surface area contributed by atoms with E-state index in [2.05, 4.69) is 214 Å². The van der Waals surface area contributed by atoms with Crippen LogP contribution in [0.2, 0.25) is 0 Å². The Balaban J connectivity index is 1.07. The molecule has 0 saturated heterocycles. The molecule has 0 bridgehead atoms. The number of hydrogen-bond acceptors (Lipinski definition) is 2. The van der Waals surface area contributed by atoms with Gasteiger partial charge in [-0.25, -0.2) is 0 Å². The monoisotopic (exact) mass is 1040 g/mol. The van der Waals surface area contributed by atoms with E-state index in [0.29, 0.717) is 11.5 Å². The van der Waals surface area contributed by atoms with E-state index in [4.69, 9.17) is 9.72 Å². The summed E-state index contributed by atoms with van der Waals surface area (Å²) >= 11 is 2.51. The number of aromatic nitrogens is 4. The Labute approximate surface area is 398 Å². The summed E-state index contributed by atoms with van der Waals surface area (Å²) in [5.74, 6) is 2.10. The molecule has 11 rings (SSSR count). The van der Waals surface area contributed by atoms with Crippen LogP contribution in [0.3, 0.4) is 0 Å². The van der Waals surface area contributed by atoms with Crippen LogP contribution in [0.1, 0.15) is 76.6 Å². The van der Waals surface area contributed by atoms with E-state index in [9.17, 15) is 0 Å². The van der Waals surface area contributed by atoms with Crippen molar-refractivity contribution in [2.24, 2.45) is 0 Å². The molecule has 0 saturated carbocycles. The SMILES string of the molecule is CC(C)(C)c1cc(-c2cccc(-c3ccccc3)c2-n2[c](=[Pt])n(-c3[c-]c(Oc4[c-]c5c(cc4)c4cc6c(cc4n5-c4ccccn4)CCCC6)ccc3)c3ccccc32)cc(C(C)(C)C)c1. The summed E-state index contributed by atoms with van der Waals surface area (Å²) in [7, 11) is 0. The molecule has 1 aliphatic carbocycles. The normalized spacial score (nSPS) is 13.2. The van der Waals surface area contributed by atoms with Crippen molar-refractivity contribution in [2.45, 2.75) is 78.1 Å². The number of fused-ring (bicyclic) bond motifs is 5. The third-order valence-electron chi connectivity index (χ3n) is 13.2. The first kappa shape index (κ1) is 42.1. The zero-order chi connectivity index (χ0) is 45.3. The molecule has 5 nitrogen and oxygen atoms in total. The molecule has 7 aromatic carbocycles. The third-order valence-corrected chi connectivity index (χ3v) is 14.2. The summed E-state index contributed by atoms with van der Waals surface area (Å²) in [4.78, 5) is 4.81. The van der Waals surface area contributed by atoms with E-state index in [1.807, 2.05) is 30.5 Å². The van der Waals surface area contributed by atoms with Gasteiger partial charge in [-0.05, 0) is 42.9 Å². The number of benzene rings is 7. The van der Waals surface area contributed by atoms with E-state index in [0.717, 1.165) is 72.4 Å². The molecular weight excluding hydrogens is 988 g/mol. The van der Waals surface area contributed by atoms with Gasteiger partial charge in [0.05, 0.1) is 0 Å². The average Bonchev–Trinajstić information content (AvgIpc) is 3.80. The molecule has 0 amide bonds. The second kappa shape index (κ2) is 16.4. The van der Waals surface area contributed by atoms with E-state index < -0.39 is 0 Å². The van der Waals surface area contributed by atoms with Gasteiger partial charge in [0.2, 0.25) is 0 Å². The third kappa shape index (κ3) is 7.48. The number of rotatable bonds is 7. The molecule has 0 unspecified atom stereocenters. The van der Waals surface area contributed by atoms with Crippen LogP contribution < -0.4 is 4.74 Å². The molecule has 0 N–H and O–H groups in total. The van der Waals surface area contributed by atoms with Gasteiger partial charge in [0.25, 0.3) is 0 Å². The minimum atomic E-state index is -0.0334. The van der Waals surface area contributed by atoms with Gasteiger partial charge in [0.15, 0.2) is 0 Å². The van der Waals surface area contributed by atoms with Crippen LogP contribution in [0.5, 0.6) is 11.5 Å². The second-order valence-electron chi connectivity index (χ2n) is 19.7. The van der Waals surface area contributed by atoms with Crippen molar-refractivity contribution < 1.29 is 24.1 Å². The number of imidazole rings is 1. The zero-order valence-corrected chi connectivity index (χ0v) is 40.6. The zero-order valence-electron chi connectivity index (χ0n) is 38.4. The van der Waals surface area contributed by atoms with Gasteiger partial charge in [-0.1, -0.05) is 6.07 Å². The summed E-state index contributed by atoms with van der Waals surface area (Å²) in [5, 5.41) is 2.37. The Morgan fingerprint density at radius 2 is 1.17 bits per heavy atom. The van der Waals surface area contributed by atoms with Crippen molar-refractivity contribution in [2.75, 3.05) is 0 Å². The van der Waals surface area contributed by atoms with Crippen molar-refractivity contribution in [3.8, 4) is 50.9 Å². The molecule has 0 spiro atoms. The van der Waals surface area contributed by atoms with Crippen LogP contribution in [0.15, 0.2) is 158 Å². The molecule has 66 heavy (non-hydrogen) atoms. The molecule has 3 heterocycles. The molecule has 6 heteroatoms. The van der Waals surface area contributed by atoms with Crippen LogP contribution in [0.4, 0.5) is 0 Å². The Morgan fingerprint density at radius 1 is 0.530 bits per heavy atom. The fraction of sp³-hybridized carbons (Fsp3) is 0.200. The van der Waals surface area contributed by atoms with Crippen molar-refractivity contribution in [3.63, 3.8) is 0 Å². The summed E-state index contributed by atoms with van der Waals surface area (Å²) in [6, 6.07) is 62.0. The van der Waals surface area contributed by atoms with Gasteiger partial charge in [0, 0.05) is 6.20 Å². The molecular formula is C60H52N4OPt-2. The number of aryl methyl sites for hydroxylation is 2. The molecule has 0 aliphatic heterocycles. The Morgan fingerprint density at radius 3 is 1.86 bits per heavy atom. The first-order chi connectivity index (χ1) is 31.9. The number of pyridine rings is 1. The van der Waals surface area contributed by atoms with Gasteiger partial charge in [-0.2, -0.15) is 0 Å². The molecule has 3 aromatic heterocycles. The van der Waals surface area contributed by atoms with Gasteiger partial charge < -0.3 is 0 Å². The molecule has 1 aliphatic rings. The summed E-state index contributed by atoms with van der Waals surface area (Å²) in [5.41, 5.74) is 16.5. The molecule has 0 atom stereocenters. The first-order valence-corrected chi connectivity index (χ1v) is 24.2. The van der Waals surface area contributed by atoms with Crippen molar-refractivity contribution in [1.29, 1.82) is 0 Å². The summed E-state index contributed by atoms with van der Waals surface area (Å²) in [6.45, 7) is 13.9. The number of ether oxygens (including phenoxy) is 1. The predicted octanol–water partition coefficient (Wildman–Crippen LogP) is 15.2. The molecule has 10 aromatic rings. The molecule has 330 valence electrons. The van der Waals surface area contributed by atoms with Crippen LogP contribution in [0, 0.1) is 15.9 Å². The fourth-order valence-corrected chi connectivity index (χ4v) is 10.8. The maximum atomic E-state index is 6.74. The van der Waals surface area contributed by atoms with Crippen LogP contribution in [-0.4, -0.2) is 18.7 Å². The van der Waals surface area contributed by atoms with E-state index in [1.165, 1.54) is 51.6 Å². The van der Waals surface area contributed by atoms with Crippen LogP contribution >= 0.6 is 0 Å². The van der Waals surface area contributed by atoms with Crippen molar-refractivity contribution >= 4 is 32.8 Å². The van der Waals surface area contributed by atoms with Crippen molar-refractivity contribution in [3.05, 3.63) is 196 Å². The first-order valence-electron chi connectivity index (χ1n) is 23.1. The van der Waals surface area contributed by atoms with E-state index >= 15 is 0 Å². The van der Waals surface area contributed by atoms with Gasteiger partial charge >= 0.3 is 346 Å². The minimum absolute atomic E-state index is 0.0334. The number of para-hydroxylation sites is 3. The van der Waals surface area contributed by atoms with Gasteiger partial charge in [-0.15, -0.1) is 0 Å². The topological polar surface area (TPSA) is 36.9 Å². The summed E-state index contributed by atoms with van der Waals surface area (Å²) in [6.07, 6.45) is 6.56. The molecule has 0 radical (unpaired) electrons. The molecule has 0 fully saturated rings. The maximum absolute atomic E-state index is 6.74. The average molecular weight is 1040 g/mol. The van der Waals surface area contributed by atoms with Gasteiger partial charge in [-0.3, -0.25) is 0 Å². The number of hydrogen-bond donors (Lipinski definition) is 0. The second-order valence-corrected chi connectivity index (χ2v) is 20.7. The van der Waals surface area contributed by atoms with Crippen LogP contribution in [0.25, 0.3) is 72.3 Å². The van der Waals surface area contributed by atoms with E-state index in [1.54, 1.807) is 0 Å². The number of nitrogens with zero attached hydrogens (tertiary/aromatic N) is 4. The predicted molar refractivity (Wildman–Crippen MR) is 267 cm³/mol. The van der Waals surface area contributed by atoms with Gasteiger partial charge in [0.1, 0.15) is 0 Å². The van der Waals surface area contributed by atoms with Crippen molar-refractivity contribution in [1.82, 2.24) is 18.7 Å².